The summed E-state index contributed by atoms with van der Waals surface area (Å²) in [5.74, 6) is -0.736. The van der Waals surface area contributed by atoms with Crippen LogP contribution in [0.25, 0.3) is 10.9 Å². The SMILES string of the molecule is Cc1cc(F)cc(N(C)c2nc(=N)n(C=N)c3cccc(F)c23)c1. The molecule has 2 N–H and O–H groups in total. The molecular weight excluding hydrogens is 312 g/mol. The normalized spacial score (nSPS) is 10.8. The number of rotatable bonds is 3. The molecule has 2 aromatic carbocycles. The molecule has 24 heavy (non-hydrogen) atoms. The summed E-state index contributed by atoms with van der Waals surface area (Å²) in [4.78, 5) is 5.65. The van der Waals surface area contributed by atoms with Crippen LogP contribution in [-0.2, 0) is 0 Å². The van der Waals surface area contributed by atoms with Crippen molar-refractivity contribution < 1.29 is 8.78 Å². The number of benzene rings is 2. The van der Waals surface area contributed by atoms with Crippen LogP contribution in [0.2, 0.25) is 0 Å². The van der Waals surface area contributed by atoms with E-state index in [4.69, 9.17) is 10.8 Å². The number of nitrogens with zero attached hydrogens (tertiary/aromatic N) is 3. The number of hydrogen-bond donors (Lipinski definition) is 2. The van der Waals surface area contributed by atoms with E-state index in [1.165, 1.54) is 33.7 Å². The Kier molecular flexibility index (Phi) is 3.84. The average Bonchev–Trinajstić information content (AvgIpc) is 2.52. The van der Waals surface area contributed by atoms with Gasteiger partial charge in [-0.2, -0.15) is 4.98 Å². The number of fused-ring (bicyclic) bond motifs is 1. The predicted molar refractivity (Wildman–Crippen MR) is 88.9 cm³/mol. The highest BCUT2D eigenvalue weighted by molar-refractivity contribution is 5.94. The maximum atomic E-state index is 14.4. The van der Waals surface area contributed by atoms with E-state index in [0.29, 0.717) is 11.2 Å². The van der Waals surface area contributed by atoms with E-state index in [1.807, 2.05) is 0 Å². The van der Waals surface area contributed by atoms with E-state index in [9.17, 15) is 8.78 Å². The molecule has 0 atom stereocenters. The van der Waals surface area contributed by atoms with Gasteiger partial charge in [-0.3, -0.25) is 15.4 Å². The molecule has 0 aliphatic heterocycles. The fourth-order valence-corrected chi connectivity index (χ4v) is 2.67. The highest BCUT2D eigenvalue weighted by Gasteiger charge is 2.17. The largest absolute Gasteiger partial charge is 0.329 e. The lowest BCUT2D eigenvalue weighted by atomic mass is 10.1. The third-order valence-electron chi connectivity index (χ3n) is 3.78. The average molecular weight is 327 g/mol. The van der Waals surface area contributed by atoms with Crippen molar-refractivity contribution in [1.82, 2.24) is 9.55 Å². The van der Waals surface area contributed by atoms with Crippen LogP contribution in [0.1, 0.15) is 5.56 Å². The van der Waals surface area contributed by atoms with Crippen molar-refractivity contribution in [2.45, 2.75) is 6.92 Å². The van der Waals surface area contributed by atoms with Gasteiger partial charge in [0.05, 0.1) is 17.2 Å². The summed E-state index contributed by atoms with van der Waals surface area (Å²) in [5, 5.41) is 15.6. The molecule has 0 saturated carbocycles. The van der Waals surface area contributed by atoms with Crippen molar-refractivity contribution in [1.29, 1.82) is 10.8 Å². The minimum Gasteiger partial charge on any atom is -0.329 e. The van der Waals surface area contributed by atoms with Gasteiger partial charge in [0, 0.05) is 12.7 Å². The second kappa shape index (κ2) is 5.84. The second-order valence-corrected chi connectivity index (χ2v) is 5.44. The smallest absolute Gasteiger partial charge is 0.229 e. The molecule has 0 aliphatic rings. The zero-order valence-electron chi connectivity index (χ0n) is 13.1. The quantitative estimate of drug-likeness (QED) is 0.572. The molecule has 7 heteroatoms. The standard InChI is InChI=1S/C17H15F2N5/c1-10-6-11(18)8-12(7-10)23(2)16-15-13(19)4-3-5-14(15)24(9-20)17(21)22-16/h3-9,20-21H,1-2H3. The van der Waals surface area contributed by atoms with Crippen molar-refractivity contribution in [2.24, 2.45) is 0 Å². The fraction of sp³-hybridized carbons (Fsp3) is 0.118. The van der Waals surface area contributed by atoms with Crippen molar-refractivity contribution in [3.63, 3.8) is 0 Å². The Bertz CT molecular complexity index is 990. The van der Waals surface area contributed by atoms with Gasteiger partial charge in [-0.1, -0.05) is 6.07 Å². The first kappa shape index (κ1) is 15.8. The predicted octanol–water partition coefficient (Wildman–Crippen LogP) is 3.33. The van der Waals surface area contributed by atoms with E-state index in [-0.39, 0.29) is 16.8 Å². The van der Waals surface area contributed by atoms with Crippen molar-refractivity contribution in [3.05, 3.63) is 59.2 Å². The molecule has 0 aliphatic carbocycles. The van der Waals surface area contributed by atoms with Gasteiger partial charge in [0.15, 0.2) is 0 Å². The van der Waals surface area contributed by atoms with E-state index < -0.39 is 11.6 Å². The zero-order valence-corrected chi connectivity index (χ0v) is 13.1. The molecule has 0 amide bonds. The molecular formula is C17H15F2N5. The third-order valence-corrected chi connectivity index (χ3v) is 3.78. The first-order valence-electron chi connectivity index (χ1n) is 7.19. The summed E-state index contributed by atoms with van der Waals surface area (Å²) in [6, 6.07) is 8.87. The van der Waals surface area contributed by atoms with Gasteiger partial charge in [-0.15, -0.1) is 0 Å². The molecule has 0 radical (unpaired) electrons. The molecule has 1 heterocycles. The van der Waals surface area contributed by atoms with Crippen LogP contribution < -0.4 is 10.5 Å². The lowest BCUT2D eigenvalue weighted by molar-refractivity contribution is 0.626. The molecule has 0 saturated heterocycles. The topological polar surface area (TPSA) is 68.8 Å². The second-order valence-electron chi connectivity index (χ2n) is 5.44. The molecule has 0 unspecified atom stereocenters. The van der Waals surface area contributed by atoms with E-state index in [2.05, 4.69) is 4.98 Å². The number of anilines is 2. The minimum absolute atomic E-state index is 0.168. The number of aryl methyl sites for hydroxylation is 1. The number of halogens is 2. The monoisotopic (exact) mass is 327 g/mol. The molecule has 1 aromatic heterocycles. The Morgan fingerprint density at radius 2 is 1.96 bits per heavy atom. The van der Waals surface area contributed by atoms with E-state index in [0.717, 1.165) is 11.9 Å². The summed E-state index contributed by atoms with van der Waals surface area (Å²) < 4.78 is 29.3. The van der Waals surface area contributed by atoms with Crippen LogP contribution in [0.3, 0.4) is 0 Å². The Hall–Kier alpha value is -3.09. The van der Waals surface area contributed by atoms with E-state index in [1.54, 1.807) is 26.1 Å². The first-order chi connectivity index (χ1) is 11.4. The molecule has 3 rings (SSSR count). The lowest BCUT2D eigenvalue weighted by Crippen LogP contribution is -2.27. The highest BCUT2D eigenvalue weighted by Crippen LogP contribution is 2.30. The van der Waals surface area contributed by atoms with Gasteiger partial charge in [0.1, 0.15) is 17.5 Å². The van der Waals surface area contributed by atoms with Crippen LogP contribution in [0.4, 0.5) is 20.3 Å². The summed E-state index contributed by atoms with van der Waals surface area (Å²) in [5.41, 5.74) is 1.35. The molecule has 122 valence electrons. The van der Waals surface area contributed by atoms with Gasteiger partial charge in [-0.05, 0) is 42.8 Å². The van der Waals surface area contributed by atoms with Crippen LogP contribution in [0.5, 0.6) is 0 Å². The maximum Gasteiger partial charge on any atom is 0.229 e. The third kappa shape index (κ3) is 2.54. The van der Waals surface area contributed by atoms with E-state index >= 15 is 0 Å². The highest BCUT2D eigenvalue weighted by atomic mass is 19.1. The lowest BCUT2D eigenvalue weighted by Gasteiger charge is -2.21. The van der Waals surface area contributed by atoms with Crippen LogP contribution in [-0.4, -0.2) is 22.9 Å². The number of nitrogens with one attached hydrogen (secondary N) is 2. The Morgan fingerprint density at radius 1 is 1.21 bits per heavy atom. The number of hydrogen-bond acceptors (Lipinski definition) is 4. The van der Waals surface area contributed by atoms with Crippen LogP contribution in [0.15, 0.2) is 36.4 Å². The molecule has 0 bridgehead atoms. The van der Waals surface area contributed by atoms with Gasteiger partial charge < -0.3 is 4.90 Å². The number of aromatic nitrogens is 2. The van der Waals surface area contributed by atoms with Gasteiger partial charge >= 0.3 is 0 Å². The van der Waals surface area contributed by atoms with Gasteiger partial charge in [0.25, 0.3) is 0 Å². The molecule has 5 nitrogen and oxygen atoms in total. The summed E-state index contributed by atoms with van der Waals surface area (Å²) in [6.07, 6.45) is 0.910. The summed E-state index contributed by atoms with van der Waals surface area (Å²) in [6.45, 7) is 1.76. The molecule has 0 fully saturated rings. The summed E-state index contributed by atoms with van der Waals surface area (Å²) >= 11 is 0. The van der Waals surface area contributed by atoms with Crippen molar-refractivity contribution in [2.75, 3.05) is 11.9 Å². The van der Waals surface area contributed by atoms with Crippen molar-refractivity contribution >= 4 is 28.7 Å². The van der Waals surface area contributed by atoms with Crippen LogP contribution in [0, 0.1) is 29.4 Å². The first-order valence-corrected chi connectivity index (χ1v) is 7.19. The van der Waals surface area contributed by atoms with Gasteiger partial charge in [-0.25, -0.2) is 8.78 Å². The fourth-order valence-electron chi connectivity index (χ4n) is 2.67. The summed E-state index contributed by atoms with van der Waals surface area (Å²) in [7, 11) is 1.64. The van der Waals surface area contributed by atoms with Crippen LogP contribution >= 0.6 is 0 Å². The zero-order chi connectivity index (χ0) is 17.4. The molecule has 0 spiro atoms. The van der Waals surface area contributed by atoms with Gasteiger partial charge in [0.2, 0.25) is 5.62 Å². The maximum absolute atomic E-state index is 14.4. The Balaban J connectivity index is 2.33. The molecule has 3 aromatic rings. The Morgan fingerprint density at radius 3 is 2.62 bits per heavy atom. The minimum atomic E-state index is -0.523. The van der Waals surface area contributed by atoms with Crippen molar-refractivity contribution in [3.8, 4) is 0 Å². The Labute approximate surface area is 136 Å².